The number of aliphatic hydroxyl groups is 1. The number of hydrogen-bond donors (Lipinski definition) is 3. The zero-order valence-electron chi connectivity index (χ0n) is 11.1. The Bertz CT molecular complexity index is 491. The lowest BCUT2D eigenvalue weighted by atomic mass is 10.1. The summed E-state index contributed by atoms with van der Waals surface area (Å²) in [7, 11) is -1.91. The third-order valence-corrected chi connectivity index (χ3v) is 3.73. The summed E-state index contributed by atoms with van der Waals surface area (Å²) in [6, 6.07) is 0. The van der Waals surface area contributed by atoms with Crippen LogP contribution in [0.15, 0.2) is 12.4 Å². The van der Waals surface area contributed by atoms with Crippen LogP contribution in [-0.4, -0.2) is 35.4 Å². The molecule has 0 aliphatic carbocycles. The minimum Gasteiger partial charge on any atom is -0.392 e. The standard InChI is InChI=1S/C8H11ClN2O.C3H8O3S/c1-10-2-6-3-11-4-8(9)7(6)5-12;1-3(2)7(4,5)6/h3-4,10,12H,2,5H2,1H3;3H,1-2H3,(H,4,5,6). The van der Waals surface area contributed by atoms with Gasteiger partial charge in [0.05, 0.1) is 16.9 Å². The molecule has 8 heteroatoms. The Morgan fingerprint density at radius 3 is 2.32 bits per heavy atom. The van der Waals surface area contributed by atoms with Crippen molar-refractivity contribution in [2.75, 3.05) is 7.05 Å². The Labute approximate surface area is 118 Å². The van der Waals surface area contributed by atoms with Crippen LogP contribution < -0.4 is 5.32 Å². The van der Waals surface area contributed by atoms with E-state index >= 15 is 0 Å². The first-order chi connectivity index (χ1) is 8.73. The molecule has 1 aromatic heterocycles. The molecule has 0 amide bonds. The zero-order valence-corrected chi connectivity index (χ0v) is 12.7. The van der Waals surface area contributed by atoms with Gasteiger partial charge in [0.2, 0.25) is 0 Å². The molecule has 0 saturated heterocycles. The fourth-order valence-electron chi connectivity index (χ4n) is 1.02. The average molecular weight is 311 g/mol. The van der Waals surface area contributed by atoms with Gasteiger partial charge in [-0.05, 0) is 26.5 Å². The maximum Gasteiger partial charge on any atom is 0.267 e. The molecule has 0 atom stereocenters. The van der Waals surface area contributed by atoms with Crippen LogP contribution in [0.2, 0.25) is 5.02 Å². The third-order valence-electron chi connectivity index (χ3n) is 2.22. The van der Waals surface area contributed by atoms with Crippen molar-refractivity contribution in [2.45, 2.75) is 32.2 Å². The van der Waals surface area contributed by atoms with Crippen LogP contribution in [0.4, 0.5) is 0 Å². The molecule has 19 heavy (non-hydrogen) atoms. The Balaban J connectivity index is 0.000000399. The van der Waals surface area contributed by atoms with E-state index in [2.05, 4.69) is 10.3 Å². The van der Waals surface area contributed by atoms with Crippen LogP contribution in [0, 0.1) is 0 Å². The third kappa shape index (κ3) is 6.84. The van der Waals surface area contributed by atoms with Crippen LogP contribution >= 0.6 is 11.6 Å². The first-order valence-electron chi connectivity index (χ1n) is 5.57. The summed E-state index contributed by atoms with van der Waals surface area (Å²) < 4.78 is 27.8. The lowest BCUT2D eigenvalue weighted by Gasteiger charge is -2.06. The van der Waals surface area contributed by atoms with Gasteiger partial charge in [0.1, 0.15) is 0 Å². The summed E-state index contributed by atoms with van der Waals surface area (Å²) in [6.45, 7) is 3.45. The van der Waals surface area contributed by atoms with Crippen LogP contribution in [0.25, 0.3) is 0 Å². The number of pyridine rings is 1. The number of nitrogens with zero attached hydrogens (tertiary/aromatic N) is 1. The Morgan fingerprint density at radius 1 is 1.42 bits per heavy atom. The van der Waals surface area contributed by atoms with E-state index in [4.69, 9.17) is 21.3 Å². The molecule has 0 fully saturated rings. The summed E-state index contributed by atoms with van der Waals surface area (Å²) in [5.74, 6) is 0. The molecule has 0 bridgehead atoms. The first-order valence-corrected chi connectivity index (χ1v) is 7.45. The zero-order chi connectivity index (χ0) is 15.1. The van der Waals surface area contributed by atoms with Crippen molar-refractivity contribution in [1.82, 2.24) is 10.3 Å². The molecule has 0 aliphatic rings. The molecular formula is C11H19ClN2O4S. The van der Waals surface area contributed by atoms with Gasteiger partial charge in [0, 0.05) is 24.5 Å². The van der Waals surface area contributed by atoms with Crippen molar-refractivity contribution in [1.29, 1.82) is 0 Å². The van der Waals surface area contributed by atoms with Gasteiger partial charge in [-0.25, -0.2) is 0 Å². The molecule has 0 aliphatic heterocycles. The van der Waals surface area contributed by atoms with E-state index < -0.39 is 15.4 Å². The topological polar surface area (TPSA) is 99.5 Å². The molecule has 1 aromatic rings. The molecule has 0 unspecified atom stereocenters. The fraction of sp³-hybridized carbons (Fsp3) is 0.545. The maximum atomic E-state index is 9.89. The van der Waals surface area contributed by atoms with E-state index in [1.54, 1.807) is 6.20 Å². The van der Waals surface area contributed by atoms with Crippen LogP contribution in [0.5, 0.6) is 0 Å². The maximum absolute atomic E-state index is 9.89. The van der Waals surface area contributed by atoms with E-state index in [0.717, 1.165) is 11.1 Å². The van der Waals surface area contributed by atoms with Gasteiger partial charge >= 0.3 is 0 Å². The second-order valence-electron chi connectivity index (χ2n) is 4.01. The van der Waals surface area contributed by atoms with Crippen molar-refractivity contribution in [3.05, 3.63) is 28.5 Å². The predicted molar refractivity (Wildman–Crippen MR) is 74.6 cm³/mol. The van der Waals surface area contributed by atoms with Gasteiger partial charge in [0.25, 0.3) is 10.1 Å². The molecule has 3 N–H and O–H groups in total. The number of rotatable bonds is 4. The highest BCUT2D eigenvalue weighted by Crippen LogP contribution is 2.18. The van der Waals surface area contributed by atoms with E-state index in [0.29, 0.717) is 11.6 Å². The minimum atomic E-state index is -3.74. The van der Waals surface area contributed by atoms with Gasteiger partial charge in [-0.15, -0.1) is 0 Å². The molecular weight excluding hydrogens is 292 g/mol. The van der Waals surface area contributed by atoms with E-state index in [1.807, 2.05) is 7.05 Å². The second kappa shape index (κ2) is 8.44. The van der Waals surface area contributed by atoms with E-state index in [-0.39, 0.29) is 6.61 Å². The second-order valence-corrected chi connectivity index (χ2v) is 6.39. The molecule has 0 radical (unpaired) electrons. The van der Waals surface area contributed by atoms with Crippen molar-refractivity contribution < 1.29 is 18.1 Å². The largest absolute Gasteiger partial charge is 0.392 e. The van der Waals surface area contributed by atoms with Crippen molar-refractivity contribution in [3.8, 4) is 0 Å². The van der Waals surface area contributed by atoms with Crippen molar-refractivity contribution in [2.24, 2.45) is 0 Å². The molecule has 0 saturated carbocycles. The highest BCUT2D eigenvalue weighted by molar-refractivity contribution is 7.86. The number of aromatic nitrogens is 1. The number of halogens is 1. The number of aliphatic hydroxyl groups excluding tert-OH is 1. The van der Waals surface area contributed by atoms with Crippen molar-refractivity contribution >= 4 is 21.7 Å². The molecule has 110 valence electrons. The normalized spacial score (nSPS) is 11.1. The quantitative estimate of drug-likeness (QED) is 0.723. The van der Waals surface area contributed by atoms with Gasteiger partial charge in [0.15, 0.2) is 0 Å². The molecule has 0 spiro atoms. The van der Waals surface area contributed by atoms with Crippen LogP contribution in [0.3, 0.4) is 0 Å². The smallest absolute Gasteiger partial charge is 0.267 e. The Morgan fingerprint density at radius 2 is 1.95 bits per heavy atom. The van der Waals surface area contributed by atoms with Crippen LogP contribution in [0.1, 0.15) is 25.0 Å². The van der Waals surface area contributed by atoms with E-state index in [1.165, 1.54) is 20.0 Å². The molecule has 1 rings (SSSR count). The first kappa shape index (κ1) is 18.3. The lowest BCUT2D eigenvalue weighted by molar-refractivity contribution is 0.280. The average Bonchev–Trinajstić information content (AvgIpc) is 2.29. The molecule has 6 nitrogen and oxygen atoms in total. The summed E-state index contributed by atoms with van der Waals surface area (Å²) in [5, 5.41) is 11.8. The monoisotopic (exact) mass is 310 g/mol. The minimum absolute atomic E-state index is 0.0433. The Kier molecular flexibility index (Phi) is 8.12. The predicted octanol–water partition coefficient (Wildman–Crippen LogP) is 1.23. The van der Waals surface area contributed by atoms with Gasteiger partial charge < -0.3 is 10.4 Å². The van der Waals surface area contributed by atoms with Gasteiger partial charge in [-0.2, -0.15) is 8.42 Å². The molecule has 1 heterocycles. The number of hydrogen-bond acceptors (Lipinski definition) is 5. The summed E-state index contributed by atoms with van der Waals surface area (Å²) in [5.41, 5.74) is 1.69. The summed E-state index contributed by atoms with van der Waals surface area (Å²) >= 11 is 5.81. The lowest BCUT2D eigenvalue weighted by Crippen LogP contribution is -2.10. The SMILES string of the molecule is CC(C)S(=O)(=O)O.CNCc1cncc(Cl)c1CO. The van der Waals surface area contributed by atoms with Crippen LogP contribution in [-0.2, 0) is 23.3 Å². The highest BCUT2D eigenvalue weighted by Gasteiger charge is 2.08. The summed E-state index contributed by atoms with van der Waals surface area (Å²) in [4.78, 5) is 3.93. The van der Waals surface area contributed by atoms with Gasteiger partial charge in [-0.1, -0.05) is 11.6 Å². The summed E-state index contributed by atoms with van der Waals surface area (Å²) in [6.07, 6.45) is 3.24. The fourth-order valence-corrected chi connectivity index (χ4v) is 1.26. The number of nitrogens with one attached hydrogen (secondary N) is 1. The molecule has 0 aromatic carbocycles. The highest BCUT2D eigenvalue weighted by atomic mass is 35.5. The van der Waals surface area contributed by atoms with Gasteiger partial charge in [-0.3, -0.25) is 9.54 Å². The van der Waals surface area contributed by atoms with E-state index in [9.17, 15) is 8.42 Å². The van der Waals surface area contributed by atoms with Crippen molar-refractivity contribution in [3.63, 3.8) is 0 Å². The Hall–Kier alpha value is -0.730.